The number of hydrogen-bond donors (Lipinski definition) is 3. The Balaban J connectivity index is 2.27. The van der Waals surface area contributed by atoms with Gasteiger partial charge in [-0.2, -0.15) is 0 Å². The summed E-state index contributed by atoms with van der Waals surface area (Å²) in [4.78, 5) is 12.1. The maximum atomic E-state index is 12.9. The largest absolute Gasteiger partial charge is 0.507 e. The molecule has 2 rings (SSSR count). The van der Waals surface area contributed by atoms with E-state index in [4.69, 9.17) is 5.73 Å². The standard InChI is InChI=1S/C16H13FN2O2/c17-12-7-8-13(15(20)10-12)16(21)19-14-6-2-1-4-11(14)5-3-9-18/h1-2,4,6-8,10,20H,9,18H2,(H,19,21). The molecule has 0 spiro atoms. The molecular weight excluding hydrogens is 271 g/mol. The Hall–Kier alpha value is -2.84. The first kappa shape index (κ1) is 14.6. The van der Waals surface area contributed by atoms with Crippen molar-refractivity contribution < 1.29 is 14.3 Å². The number of carbonyl (C=O) groups is 1. The highest BCUT2D eigenvalue weighted by Gasteiger charge is 2.13. The van der Waals surface area contributed by atoms with Crippen molar-refractivity contribution in [1.29, 1.82) is 0 Å². The summed E-state index contributed by atoms with van der Waals surface area (Å²) in [5.41, 5.74) is 6.41. The number of hydrogen-bond acceptors (Lipinski definition) is 3. The van der Waals surface area contributed by atoms with E-state index in [0.717, 1.165) is 12.1 Å². The molecule has 0 aliphatic carbocycles. The fraction of sp³-hybridized carbons (Fsp3) is 0.0625. The van der Waals surface area contributed by atoms with Gasteiger partial charge in [0.1, 0.15) is 11.6 Å². The summed E-state index contributed by atoms with van der Waals surface area (Å²) in [6.07, 6.45) is 0. The number of benzene rings is 2. The Morgan fingerprint density at radius 2 is 2.05 bits per heavy atom. The minimum Gasteiger partial charge on any atom is -0.507 e. The van der Waals surface area contributed by atoms with E-state index >= 15 is 0 Å². The molecule has 0 heterocycles. The molecule has 5 heteroatoms. The summed E-state index contributed by atoms with van der Waals surface area (Å²) < 4.78 is 12.9. The van der Waals surface area contributed by atoms with Gasteiger partial charge in [0.2, 0.25) is 0 Å². The molecule has 0 aliphatic heterocycles. The van der Waals surface area contributed by atoms with Crippen LogP contribution in [-0.2, 0) is 0 Å². The van der Waals surface area contributed by atoms with Gasteiger partial charge in [-0.15, -0.1) is 0 Å². The van der Waals surface area contributed by atoms with Crippen LogP contribution in [0.5, 0.6) is 5.75 Å². The number of phenols is 1. The molecule has 21 heavy (non-hydrogen) atoms. The monoisotopic (exact) mass is 284 g/mol. The van der Waals surface area contributed by atoms with Crippen LogP contribution in [0.25, 0.3) is 0 Å². The van der Waals surface area contributed by atoms with E-state index in [0.29, 0.717) is 11.3 Å². The zero-order valence-corrected chi connectivity index (χ0v) is 11.1. The van der Waals surface area contributed by atoms with Crippen molar-refractivity contribution >= 4 is 11.6 Å². The average molecular weight is 284 g/mol. The Morgan fingerprint density at radius 1 is 1.29 bits per heavy atom. The van der Waals surface area contributed by atoms with E-state index in [1.54, 1.807) is 24.3 Å². The normalized spacial score (nSPS) is 9.62. The van der Waals surface area contributed by atoms with Gasteiger partial charge in [0.15, 0.2) is 0 Å². The SMILES string of the molecule is NCC#Cc1ccccc1NC(=O)c1ccc(F)cc1O. The maximum Gasteiger partial charge on any atom is 0.259 e. The molecule has 0 radical (unpaired) electrons. The molecule has 4 nitrogen and oxygen atoms in total. The minimum atomic E-state index is -0.613. The van der Waals surface area contributed by atoms with Crippen molar-refractivity contribution in [1.82, 2.24) is 0 Å². The van der Waals surface area contributed by atoms with Crippen molar-refractivity contribution in [2.75, 3.05) is 11.9 Å². The minimum absolute atomic E-state index is 0.0158. The van der Waals surface area contributed by atoms with Crippen molar-refractivity contribution in [2.45, 2.75) is 0 Å². The van der Waals surface area contributed by atoms with E-state index in [1.807, 2.05) is 0 Å². The van der Waals surface area contributed by atoms with Crippen LogP contribution in [0, 0.1) is 17.7 Å². The van der Waals surface area contributed by atoms with Gasteiger partial charge in [-0.25, -0.2) is 4.39 Å². The highest BCUT2D eigenvalue weighted by molar-refractivity contribution is 6.06. The van der Waals surface area contributed by atoms with Gasteiger partial charge < -0.3 is 16.2 Å². The number of nitrogens with two attached hydrogens (primary N) is 1. The molecule has 0 aromatic heterocycles. The highest BCUT2D eigenvalue weighted by atomic mass is 19.1. The van der Waals surface area contributed by atoms with E-state index in [-0.39, 0.29) is 12.1 Å². The number of para-hydroxylation sites is 1. The second-order valence-electron chi connectivity index (χ2n) is 4.17. The zero-order chi connectivity index (χ0) is 15.2. The van der Waals surface area contributed by atoms with E-state index < -0.39 is 17.5 Å². The number of nitrogens with one attached hydrogen (secondary N) is 1. The van der Waals surface area contributed by atoms with Gasteiger partial charge in [-0.3, -0.25) is 4.79 Å². The van der Waals surface area contributed by atoms with Crippen LogP contribution >= 0.6 is 0 Å². The number of anilines is 1. The number of amides is 1. The first-order chi connectivity index (χ1) is 10.1. The summed E-state index contributed by atoms with van der Waals surface area (Å²) in [6.45, 7) is 0.209. The number of halogens is 1. The van der Waals surface area contributed by atoms with Crippen LogP contribution in [0.1, 0.15) is 15.9 Å². The molecule has 0 saturated heterocycles. The molecule has 106 valence electrons. The smallest absolute Gasteiger partial charge is 0.259 e. The van der Waals surface area contributed by atoms with Gasteiger partial charge >= 0.3 is 0 Å². The average Bonchev–Trinajstić information content (AvgIpc) is 2.46. The summed E-state index contributed by atoms with van der Waals surface area (Å²) in [6, 6.07) is 10.2. The number of rotatable bonds is 2. The second kappa shape index (κ2) is 6.55. The third-order valence-electron chi connectivity index (χ3n) is 2.70. The molecule has 0 atom stereocenters. The Bertz CT molecular complexity index is 733. The number of phenolic OH excluding ortho intramolecular Hbond substituents is 1. The van der Waals surface area contributed by atoms with Gasteiger partial charge in [0.25, 0.3) is 5.91 Å². The summed E-state index contributed by atoms with van der Waals surface area (Å²) in [5.74, 6) is 3.97. The summed E-state index contributed by atoms with van der Waals surface area (Å²) in [5, 5.41) is 12.2. The maximum absolute atomic E-state index is 12.9. The van der Waals surface area contributed by atoms with Crippen molar-refractivity contribution in [2.24, 2.45) is 5.73 Å². The Labute approximate surface area is 121 Å². The second-order valence-corrected chi connectivity index (χ2v) is 4.17. The van der Waals surface area contributed by atoms with Crippen LogP contribution < -0.4 is 11.1 Å². The number of carbonyl (C=O) groups excluding carboxylic acids is 1. The lowest BCUT2D eigenvalue weighted by molar-refractivity contribution is 0.102. The van der Waals surface area contributed by atoms with Crippen LogP contribution in [0.2, 0.25) is 0 Å². The molecular formula is C16H13FN2O2. The molecule has 0 saturated carbocycles. The lowest BCUT2D eigenvalue weighted by atomic mass is 10.1. The third kappa shape index (κ3) is 3.59. The van der Waals surface area contributed by atoms with E-state index in [2.05, 4.69) is 17.2 Å². The number of aromatic hydroxyl groups is 1. The van der Waals surface area contributed by atoms with Crippen LogP contribution in [0.4, 0.5) is 10.1 Å². The van der Waals surface area contributed by atoms with Crippen molar-refractivity contribution in [3.05, 3.63) is 59.4 Å². The van der Waals surface area contributed by atoms with E-state index in [9.17, 15) is 14.3 Å². The van der Waals surface area contributed by atoms with Gasteiger partial charge in [0, 0.05) is 11.6 Å². The van der Waals surface area contributed by atoms with Gasteiger partial charge in [0.05, 0.1) is 17.8 Å². The van der Waals surface area contributed by atoms with Gasteiger partial charge in [-0.05, 0) is 24.3 Å². The summed E-state index contributed by atoms with van der Waals surface area (Å²) >= 11 is 0. The predicted octanol–water partition coefficient (Wildman–Crippen LogP) is 2.09. The zero-order valence-electron chi connectivity index (χ0n) is 11.1. The lowest BCUT2D eigenvalue weighted by Gasteiger charge is -2.08. The van der Waals surface area contributed by atoms with Crippen molar-refractivity contribution in [3.8, 4) is 17.6 Å². The molecule has 0 unspecified atom stereocenters. The van der Waals surface area contributed by atoms with Crippen LogP contribution in [0.15, 0.2) is 42.5 Å². The van der Waals surface area contributed by atoms with Gasteiger partial charge in [-0.1, -0.05) is 24.0 Å². The lowest BCUT2D eigenvalue weighted by Crippen LogP contribution is -2.13. The van der Waals surface area contributed by atoms with Crippen LogP contribution in [0.3, 0.4) is 0 Å². The third-order valence-corrected chi connectivity index (χ3v) is 2.70. The molecule has 2 aromatic rings. The molecule has 4 N–H and O–H groups in total. The fourth-order valence-electron chi connectivity index (χ4n) is 1.73. The molecule has 2 aromatic carbocycles. The highest BCUT2D eigenvalue weighted by Crippen LogP contribution is 2.21. The Morgan fingerprint density at radius 3 is 2.76 bits per heavy atom. The molecule has 0 aliphatic rings. The molecule has 1 amide bonds. The van der Waals surface area contributed by atoms with Crippen LogP contribution in [-0.4, -0.2) is 17.6 Å². The predicted molar refractivity (Wildman–Crippen MR) is 78.4 cm³/mol. The first-order valence-corrected chi connectivity index (χ1v) is 6.19. The fourth-order valence-corrected chi connectivity index (χ4v) is 1.73. The summed E-state index contributed by atoms with van der Waals surface area (Å²) in [7, 11) is 0. The van der Waals surface area contributed by atoms with Crippen molar-refractivity contribution in [3.63, 3.8) is 0 Å². The Kier molecular flexibility index (Phi) is 4.54. The molecule has 0 fully saturated rings. The topological polar surface area (TPSA) is 75.3 Å². The van der Waals surface area contributed by atoms with E-state index in [1.165, 1.54) is 6.07 Å². The molecule has 0 bridgehead atoms. The quantitative estimate of drug-likeness (QED) is 0.739. The first-order valence-electron chi connectivity index (χ1n) is 6.19.